The lowest BCUT2D eigenvalue weighted by molar-refractivity contribution is -0.125. The van der Waals surface area contributed by atoms with E-state index in [0.29, 0.717) is 5.56 Å². The molecule has 1 aromatic carbocycles. The van der Waals surface area contributed by atoms with Gasteiger partial charge in [-0.3, -0.25) is 9.59 Å². The minimum absolute atomic E-state index is 0.0450. The van der Waals surface area contributed by atoms with Crippen molar-refractivity contribution in [1.29, 1.82) is 0 Å². The third-order valence-electron chi connectivity index (χ3n) is 4.90. The van der Waals surface area contributed by atoms with Crippen LogP contribution in [-0.4, -0.2) is 35.1 Å². The van der Waals surface area contributed by atoms with E-state index >= 15 is 0 Å². The molecule has 1 aliphatic carbocycles. The van der Waals surface area contributed by atoms with Crippen molar-refractivity contribution in [3.63, 3.8) is 0 Å². The molecule has 0 saturated heterocycles. The number of hydrogen-bond acceptors (Lipinski definition) is 3. The lowest BCUT2D eigenvalue weighted by Crippen LogP contribution is -2.53. The summed E-state index contributed by atoms with van der Waals surface area (Å²) in [5.41, 5.74) is -0.291. The molecule has 1 unspecified atom stereocenters. The van der Waals surface area contributed by atoms with Gasteiger partial charge in [0.15, 0.2) is 0 Å². The maximum Gasteiger partial charge on any atom is 0.251 e. The Hall–Kier alpha value is -1.88. The van der Waals surface area contributed by atoms with Gasteiger partial charge in [-0.15, -0.1) is 0 Å². The molecule has 1 saturated carbocycles. The Balaban J connectivity index is 1.94. The Labute approximate surface area is 150 Å². The highest BCUT2D eigenvalue weighted by Crippen LogP contribution is 2.26. The van der Waals surface area contributed by atoms with E-state index in [1.165, 1.54) is 0 Å². The zero-order chi connectivity index (χ0) is 18.3. The van der Waals surface area contributed by atoms with Crippen LogP contribution < -0.4 is 10.6 Å². The Bertz CT molecular complexity index is 564. The van der Waals surface area contributed by atoms with Crippen LogP contribution in [0.25, 0.3) is 0 Å². The molecular formula is C20H30N2O3. The standard InChI is InChI=1S/C20H30N2O3/c1-15(2)17(22-18(23)16-10-6-5-7-11-16)19(24)21-14-20(25)12-8-3-4-9-13-20/h5-7,10-11,15,17,25H,3-4,8-9,12-14H2,1-2H3,(H,21,24)(H,22,23). The molecule has 5 heteroatoms. The van der Waals surface area contributed by atoms with Crippen molar-refractivity contribution in [2.75, 3.05) is 6.54 Å². The van der Waals surface area contributed by atoms with Gasteiger partial charge in [0.2, 0.25) is 5.91 Å². The first-order chi connectivity index (χ1) is 11.9. The summed E-state index contributed by atoms with van der Waals surface area (Å²) < 4.78 is 0. The molecule has 0 aliphatic heterocycles. The van der Waals surface area contributed by atoms with E-state index in [1.54, 1.807) is 24.3 Å². The van der Waals surface area contributed by atoms with Gasteiger partial charge >= 0.3 is 0 Å². The van der Waals surface area contributed by atoms with Gasteiger partial charge in [0, 0.05) is 12.1 Å². The van der Waals surface area contributed by atoms with E-state index in [2.05, 4.69) is 10.6 Å². The minimum atomic E-state index is -0.822. The predicted molar refractivity (Wildman–Crippen MR) is 98.2 cm³/mol. The van der Waals surface area contributed by atoms with Gasteiger partial charge < -0.3 is 15.7 Å². The summed E-state index contributed by atoms with van der Waals surface area (Å²) in [7, 11) is 0. The first kappa shape index (κ1) is 19.4. The molecule has 0 heterocycles. The van der Waals surface area contributed by atoms with E-state index in [4.69, 9.17) is 0 Å². The summed E-state index contributed by atoms with van der Waals surface area (Å²) >= 11 is 0. The fourth-order valence-electron chi connectivity index (χ4n) is 3.27. The summed E-state index contributed by atoms with van der Waals surface area (Å²) in [4.78, 5) is 24.9. The topological polar surface area (TPSA) is 78.4 Å². The van der Waals surface area contributed by atoms with Crippen LogP contribution in [0.15, 0.2) is 30.3 Å². The number of nitrogens with one attached hydrogen (secondary N) is 2. The highest BCUT2D eigenvalue weighted by atomic mass is 16.3. The van der Waals surface area contributed by atoms with Crippen molar-refractivity contribution < 1.29 is 14.7 Å². The van der Waals surface area contributed by atoms with Crippen molar-refractivity contribution in [1.82, 2.24) is 10.6 Å². The van der Waals surface area contributed by atoms with Gasteiger partial charge in [0.25, 0.3) is 5.91 Å². The van der Waals surface area contributed by atoms with E-state index < -0.39 is 11.6 Å². The second-order valence-electron chi connectivity index (χ2n) is 7.42. The zero-order valence-electron chi connectivity index (χ0n) is 15.3. The smallest absolute Gasteiger partial charge is 0.251 e. The third kappa shape index (κ3) is 5.85. The van der Waals surface area contributed by atoms with Crippen molar-refractivity contribution in [3.8, 4) is 0 Å². The van der Waals surface area contributed by atoms with Crippen molar-refractivity contribution in [3.05, 3.63) is 35.9 Å². The molecule has 0 radical (unpaired) electrons. The zero-order valence-corrected chi connectivity index (χ0v) is 15.3. The molecule has 0 bridgehead atoms. The largest absolute Gasteiger partial charge is 0.388 e. The average Bonchev–Trinajstić information content (AvgIpc) is 2.83. The minimum Gasteiger partial charge on any atom is -0.388 e. The van der Waals surface area contributed by atoms with Crippen LogP contribution in [0.3, 0.4) is 0 Å². The first-order valence-corrected chi connectivity index (χ1v) is 9.27. The summed E-state index contributed by atoms with van der Waals surface area (Å²) in [6.45, 7) is 4.04. The Morgan fingerprint density at radius 2 is 1.68 bits per heavy atom. The lowest BCUT2D eigenvalue weighted by atomic mass is 9.94. The third-order valence-corrected chi connectivity index (χ3v) is 4.90. The number of amides is 2. The lowest BCUT2D eigenvalue weighted by Gasteiger charge is -2.29. The summed E-state index contributed by atoms with van der Waals surface area (Å²) in [6, 6.07) is 8.25. The van der Waals surface area contributed by atoms with Crippen LogP contribution >= 0.6 is 0 Å². The van der Waals surface area contributed by atoms with Gasteiger partial charge in [-0.2, -0.15) is 0 Å². The summed E-state index contributed by atoms with van der Waals surface area (Å²) in [6.07, 6.45) is 5.69. The molecule has 0 spiro atoms. The number of aliphatic hydroxyl groups is 1. The number of carbonyl (C=O) groups is 2. The number of carbonyl (C=O) groups excluding carboxylic acids is 2. The van der Waals surface area contributed by atoms with Gasteiger partial charge in [0.05, 0.1) is 5.60 Å². The Kier molecular flexibility index (Phi) is 7.00. The molecule has 25 heavy (non-hydrogen) atoms. The predicted octanol–water partition coefficient (Wildman–Crippen LogP) is 2.64. The van der Waals surface area contributed by atoms with Gasteiger partial charge in [-0.25, -0.2) is 0 Å². The van der Waals surface area contributed by atoms with Crippen molar-refractivity contribution in [2.24, 2.45) is 5.92 Å². The average molecular weight is 346 g/mol. The Morgan fingerprint density at radius 1 is 1.08 bits per heavy atom. The fraction of sp³-hybridized carbons (Fsp3) is 0.600. The second-order valence-corrected chi connectivity index (χ2v) is 7.42. The molecule has 0 aromatic heterocycles. The van der Waals surface area contributed by atoms with Crippen LogP contribution in [0.2, 0.25) is 0 Å². The maximum absolute atomic E-state index is 12.6. The maximum atomic E-state index is 12.6. The number of benzene rings is 1. The molecule has 2 rings (SSSR count). The first-order valence-electron chi connectivity index (χ1n) is 9.27. The van der Waals surface area contributed by atoms with Gasteiger partial charge in [-0.1, -0.05) is 57.7 Å². The van der Waals surface area contributed by atoms with Crippen LogP contribution in [0.4, 0.5) is 0 Å². The highest BCUT2D eigenvalue weighted by Gasteiger charge is 2.31. The fourth-order valence-corrected chi connectivity index (χ4v) is 3.27. The van der Waals surface area contributed by atoms with Crippen molar-refractivity contribution in [2.45, 2.75) is 64.0 Å². The molecule has 1 aliphatic rings. The van der Waals surface area contributed by atoms with Gasteiger partial charge in [0.1, 0.15) is 6.04 Å². The van der Waals surface area contributed by atoms with E-state index in [9.17, 15) is 14.7 Å². The quantitative estimate of drug-likeness (QED) is 0.693. The molecule has 2 amide bonds. The van der Waals surface area contributed by atoms with Crippen molar-refractivity contribution >= 4 is 11.8 Å². The number of hydrogen-bond donors (Lipinski definition) is 3. The van der Waals surface area contributed by atoms with Gasteiger partial charge in [-0.05, 0) is 30.9 Å². The van der Waals surface area contributed by atoms with Crippen LogP contribution in [0.5, 0.6) is 0 Å². The summed E-state index contributed by atoms with van der Waals surface area (Å²) in [5, 5.41) is 16.3. The second kappa shape index (κ2) is 8.99. The highest BCUT2D eigenvalue weighted by molar-refractivity contribution is 5.97. The molecule has 3 N–H and O–H groups in total. The molecule has 1 fully saturated rings. The van der Waals surface area contributed by atoms with E-state index in [0.717, 1.165) is 38.5 Å². The Morgan fingerprint density at radius 3 is 2.24 bits per heavy atom. The van der Waals surface area contributed by atoms with Crippen LogP contribution in [0.1, 0.15) is 62.7 Å². The van der Waals surface area contributed by atoms with E-state index in [-0.39, 0.29) is 24.3 Å². The van der Waals surface area contributed by atoms with Crippen LogP contribution in [-0.2, 0) is 4.79 Å². The SMILES string of the molecule is CC(C)C(NC(=O)c1ccccc1)C(=O)NCC1(O)CCCCCC1. The molecule has 5 nitrogen and oxygen atoms in total. The summed E-state index contributed by atoms with van der Waals surface area (Å²) in [5.74, 6) is -0.545. The normalized spacial score (nSPS) is 18.2. The molecule has 138 valence electrons. The number of rotatable bonds is 6. The van der Waals surface area contributed by atoms with E-state index in [1.807, 2.05) is 19.9 Å². The molecular weight excluding hydrogens is 316 g/mol. The van der Waals surface area contributed by atoms with Crippen LogP contribution in [0, 0.1) is 5.92 Å². The monoisotopic (exact) mass is 346 g/mol. The molecule has 1 aromatic rings. The molecule has 1 atom stereocenters.